The Morgan fingerprint density at radius 3 is 2.72 bits per heavy atom. The lowest BCUT2D eigenvalue weighted by molar-refractivity contribution is -0.145. The molecule has 8 nitrogen and oxygen atoms in total. The standard InChI is InChI=1S/C20H25N3O5S/c1-2-14(21)20(27)28-10-13-11-29-18-15(9-23(18)17(13)19(25)26)22-16(24)8-12-6-4-3-5-7-12/h3-7,14-15,18H,2,8-11,21H2,1H3,(H,22,24)(H,25,26). The average Bonchev–Trinajstić information content (AvgIpc) is 2.69. The fourth-order valence-electron chi connectivity index (χ4n) is 3.34. The van der Waals surface area contributed by atoms with Gasteiger partial charge in [0.1, 0.15) is 18.3 Å². The summed E-state index contributed by atoms with van der Waals surface area (Å²) in [7, 11) is 0. The van der Waals surface area contributed by atoms with Gasteiger partial charge in [0.15, 0.2) is 0 Å². The summed E-state index contributed by atoms with van der Waals surface area (Å²) in [4.78, 5) is 37.6. The second-order valence-corrected chi connectivity index (χ2v) is 8.18. The van der Waals surface area contributed by atoms with Crippen LogP contribution < -0.4 is 11.1 Å². The molecule has 2 aliphatic heterocycles. The smallest absolute Gasteiger partial charge is 0.352 e. The molecule has 9 heteroatoms. The Morgan fingerprint density at radius 2 is 2.07 bits per heavy atom. The van der Waals surface area contributed by atoms with Gasteiger partial charge in [-0.1, -0.05) is 37.3 Å². The van der Waals surface area contributed by atoms with E-state index in [9.17, 15) is 19.5 Å². The molecule has 156 valence electrons. The molecule has 0 aliphatic carbocycles. The molecule has 0 radical (unpaired) electrons. The van der Waals surface area contributed by atoms with E-state index in [1.807, 2.05) is 30.3 Å². The summed E-state index contributed by atoms with van der Waals surface area (Å²) in [5, 5.41) is 12.5. The number of rotatable bonds is 8. The number of nitrogens with two attached hydrogens (primary N) is 1. The van der Waals surface area contributed by atoms with Crippen LogP contribution in [0.4, 0.5) is 0 Å². The largest absolute Gasteiger partial charge is 0.477 e. The Labute approximate surface area is 173 Å². The van der Waals surface area contributed by atoms with E-state index < -0.39 is 18.0 Å². The number of carboxylic acid groups (broad SMARTS) is 1. The van der Waals surface area contributed by atoms with Gasteiger partial charge in [0.25, 0.3) is 0 Å². The van der Waals surface area contributed by atoms with Crippen LogP contribution >= 0.6 is 11.8 Å². The monoisotopic (exact) mass is 419 g/mol. The van der Waals surface area contributed by atoms with Crippen molar-refractivity contribution in [2.45, 2.75) is 37.2 Å². The first kappa shape index (κ1) is 21.2. The molecule has 1 amide bonds. The highest BCUT2D eigenvalue weighted by atomic mass is 32.2. The number of carbonyl (C=O) groups is 3. The van der Waals surface area contributed by atoms with Crippen LogP contribution in [0.2, 0.25) is 0 Å². The van der Waals surface area contributed by atoms with Crippen molar-refractivity contribution in [1.82, 2.24) is 10.2 Å². The first-order chi connectivity index (χ1) is 13.9. The molecule has 2 aliphatic rings. The van der Waals surface area contributed by atoms with Crippen molar-refractivity contribution < 1.29 is 24.2 Å². The highest BCUT2D eigenvalue weighted by Gasteiger charge is 2.46. The zero-order valence-electron chi connectivity index (χ0n) is 16.2. The van der Waals surface area contributed by atoms with Crippen LogP contribution in [-0.2, 0) is 25.5 Å². The fraction of sp³-hybridized carbons (Fsp3) is 0.450. The summed E-state index contributed by atoms with van der Waals surface area (Å²) in [5.41, 5.74) is 7.27. The highest BCUT2D eigenvalue weighted by molar-refractivity contribution is 8.00. The quantitative estimate of drug-likeness (QED) is 0.527. The van der Waals surface area contributed by atoms with Crippen molar-refractivity contribution in [3.8, 4) is 0 Å². The van der Waals surface area contributed by atoms with Gasteiger partial charge in [-0.25, -0.2) is 4.79 Å². The van der Waals surface area contributed by atoms with Gasteiger partial charge in [-0.2, -0.15) is 0 Å². The van der Waals surface area contributed by atoms with Gasteiger partial charge in [0, 0.05) is 17.9 Å². The molecule has 3 unspecified atom stereocenters. The third-order valence-corrected chi connectivity index (χ3v) is 6.42. The number of ether oxygens (including phenoxy) is 1. The van der Waals surface area contributed by atoms with Crippen molar-refractivity contribution in [1.29, 1.82) is 0 Å². The molecule has 1 aromatic carbocycles. The second-order valence-electron chi connectivity index (χ2n) is 7.07. The van der Waals surface area contributed by atoms with E-state index in [0.29, 0.717) is 24.3 Å². The van der Waals surface area contributed by atoms with Crippen LogP contribution in [0.15, 0.2) is 41.6 Å². The minimum absolute atomic E-state index is 0.0874. The SMILES string of the molecule is CCC(N)C(=O)OCC1=C(C(=O)O)N2CC(NC(=O)Cc3ccccc3)C2SC1. The van der Waals surface area contributed by atoms with Gasteiger partial charge in [0.2, 0.25) is 5.91 Å². The average molecular weight is 420 g/mol. The van der Waals surface area contributed by atoms with Crippen molar-refractivity contribution in [3.05, 3.63) is 47.2 Å². The summed E-state index contributed by atoms with van der Waals surface area (Å²) in [6.45, 7) is 2.10. The molecule has 3 atom stereocenters. The van der Waals surface area contributed by atoms with Crippen LogP contribution in [0.5, 0.6) is 0 Å². The number of carboxylic acids is 1. The summed E-state index contributed by atoms with van der Waals surface area (Å²) >= 11 is 1.53. The lowest BCUT2D eigenvalue weighted by Gasteiger charge is -2.52. The van der Waals surface area contributed by atoms with Gasteiger partial charge in [-0.3, -0.25) is 9.59 Å². The predicted molar refractivity (Wildman–Crippen MR) is 109 cm³/mol. The molecule has 1 saturated heterocycles. The molecule has 1 fully saturated rings. The molecule has 0 bridgehead atoms. The van der Waals surface area contributed by atoms with E-state index >= 15 is 0 Å². The summed E-state index contributed by atoms with van der Waals surface area (Å²) in [6, 6.07) is 8.63. The number of aliphatic carboxylic acids is 1. The first-order valence-electron chi connectivity index (χ1n) is 9.49. The van der Waals surface area contributed by atoms with Crippen LogP contribution in [0.25, 0.3) is 0 Å². The predicted octanol–water partition coefficient (Wildman–Crippen LogP) is 0.722. The maximum absolute atomic E-state index is 12.3. The molecule has 0 aromatic heterocycles. The van der Waals surface area contributed by atoms with E-state index in [4.69, 9.17) is 10.5 Å². The van der Waals surface area contributed by atoms with E-state index in [2.05, 4.69) is 5.32 Å². The van der Waals surface area contributed by atoms with Gasteiger partial charge < -0.3 is 25.8 Å². The van der Waals surface area contributed by atoms with Gasteiger partial charge in [-0.15, -0.1) is 11.8 Å². The number of carbonyl (C=O) groups excluding carboxylic acids is 2. The van der Waals surface area contributed by atoms with Gasteiger partial charge in [0.05, 0.1) is 17.8 Å². The number of fused-ring (bicyclic) bond motifs is 1. The number of thioether (sulfide) groups is 1. The van der Waals surface area contributed by atoms with Crippen LogP contribution in [-0.4, -0.2) is 64.2 Å². The van der Waals surface area contributed by atoms with Crippen molar-refractivity contribution in [2.24, 2.45) is 5.73 Å². The Hall–Kier alpha value is -2.52. The molecule has 0 spiro atoms. The van der Waals surface area contributed by atoms with Crippen molar-refractivity contribution in [2.75, 3.05) is 18.9 Å². The number of amides is 1. The third kappa shape index (κ3) is 4.91. The third-order valence-electron chi connectivity index (χ3n) is 4.98. The number of esters is 1. The zero-order valence-corrected chi connectivity index (χ0v) is 17.0. The van der Waals surface area contributed by atoms with Crippen molar-refractivity contribution >= 4 is 29.6 Å². The molecular formula is C20H25N3O5S. The van der Waals surface area contributed by atoms with Crippen LogP contribution in [0.1, 0.15) is 18.9 Å². The Bertz CT molecular complexity index is 814. The minimum atomic E-state index is -1.06. The van der Waals surface area contributed by atoms with Crippen molar-refractivity contribution in [3.63, 3.8) is 0 Å². The van der Waals surface area contributed by atoms with E-state index in [0.717, 1.165) is 5.56 Å². The highest BCUT2D eigenvalue weighted by Crippen LogP contribution is 2.39. The normalized spacial score (nSPS) is 21.7. The number of hydrogen-bond donors (Lipinski definition) is 3. The molecular weight excluding hydrogens is 394 g/mol. The molecule has 1 aromatic rings. The number of benzene rings is 1. The number of nitrogens with one attached hydrogen (secondary N) is 1. The van der Waals surface area contributed by atoms with E-state index in [1.54, 1.807) is 11.8 Å². The maximum atomic E-state index is 12.3. The summed E-state index contributed by atoms with van der Waals surface area (Å²) < 4.78 is 5.19. The van der Waals surface area contributed by atoms with Gasteiger partial charge in [-0.05, 0) is 12.0 Å². The maximum Gasteiger partial charge on any atom is 0.352 e. The minimum Gasteiger partial charge on any atom is -0.477 e. The molecule has 4 N–H and O–H groups in total. The molecule has 3 rings (SSSR count). The second kappa shape index (κ2) is 9.32. The Morgan fingerprint density at radius 1 is 1.34 bits per heavy atom. The van der Waals surface area contributed by atoms with E-state index in [1.165, 1.54) is 11.8 Å². The number of hydrogen-bond acceptors (Lipinski definition) is 7. The van der Waals surface area contributed by atoms with E-state index in [-0.39, 0.29) is 36.0 Å². The van der Waals surface area contributed by atoms with Crippen LogP contribution in [0.3, 0.4) is 0 Å². The number of nitrogens with zero attached hydrogens (tertiary/aromatic N) is 1. The topological polar surface area (TPSA) is 122 Å². The Kier molecular flexibility index (Phi) is 6.81. The summed E-state index contributed by atoms with van der Waals surface area (Å²) in [5.74, 6) is -1.26. The lowest BCUT2D eigenvalue weighted by Crippen LogP contribution is -2.66. The first-order valence-corrected chi connectivity index (χ1v) is 10.5. The lowest BCUT2D eigenvalue weighted by atomic mass is 10.0. The molecule has 29 heavy (non-hydrogen) atoms. The fourth-order valence-corrected chi connectivity index (χ4v) is 4.69. The van der Waals surface area contributed by atoms with Gasteiger partial charge >= 0.3 is 11.9 Å². The molecule has 2 heterocycles. The Balaban J connectivity index is 1.59. The molecule has 0 saturated carbocycles. The zero-order chi connectivity index (χ0) is 21.0. The van der Waals surface area contributed by atoms with Crippen LogP contribution in [0, 0.1) is 0 Å². The summed E-state index contributed by atoms with van der Waals surface area (Å²) in [6.07, 6.45) is 0.742.